The zero-order valence-electron chi connectivity index (χ0n) is 35.3. The van der Waals surface area contributed by atoms with Crippen LogP contribution in [0, 0.1) is 47.3 Å². The third kappa shape index (κ3) is 7.55. The maximum absolute atomic E-state index is 7.39. The lowest BCUT2D eigenvalue weighted by Gasteiger charge is -2.51. The molecule has 3 heterocycles. The van der Waals surface area contributed by atoms with Gasteiger partial charge in [0, 0.05) is 42.4 Å². The molecule has 6 nitrogen and oxygen atoms in total. The Balaban J connectivity index is 0.794. The lowest BCUT2D eigenvalue weighted by molar-refractivity contribution is -0.0361. The average Bonchev–Trinajstić information content (AvgIpc) is 3.83. The second-order valence-corrected chi connectivity index (χ2v) is 21.2. The van der Waals surface area contributed by atoms with Gasteiger partial charge in [0.05, 0.1) is 12.3 Å². The van der Waals surface area contributed by atoms with E-state index < -0.39 is 0 Å². The highest BCUT2D eigenvalue weighted by molar-refractivity contribution is 5.36. The number of hydrogen-bond acceptors (Lipinski definition) is 6. The lowest BCUT2D eigenvalue weighted by atomic mass is 9.70. The van der Waals surface area contributed by atoms with Gasteiger partial charge in [-0.2, -0.15) is 0 Å². The van der Waals surface area contributed by atoms with Crippen molar-refractivity contribution in [1.29, 1.82) is 0 Å². The topological polar surface area (TPSA) is 60.6 Å². The maximum atomic E-state index is 7.39. The van der Waals surface area contributed by atoms with E-state index in [-0.39, 0.29) is 24.7 Å². The van der Waals surface area contributed by atoms with Crippen LogP contribution in [0.4, 0.5) is 0 Å². The molecule has 0 aromatic heterocycles. The van der Waals surface area contributed by atoms with Crippen LogP contribution in [0.1, 0.15) is 161 Å². The number of fused-ring (bicyclic) bond motifs is 5. The third-order valence-corrected chi connectivity index (χ3v) is 18.2. The second kappa shape index (κ2) is 17.0. The molecule has 11 rings (SSSR count). The molecule has 3 aliphatic heterocycles. The van der Waals surface area contributed by atoms with Gasteiger partial charge in [0.15, 0.2) is 0 Å². The molecular formula is C51H77N5O. The molecule has 0 spiro atoms. The molecule has 15 unspecified atom stereocenters. The van der Waals surface area contributed by atoms with Gasteiger partial charge >= 0.3 is 0 Å². The molecule has 0 aromatic rings. The maximum Gasteiger partial charge on any atom is 0.117 e. The normalized spacial score (nSPS) is 46.5. The number of nitrogens with zero attached hydrogens (tertiary/aromatic N) is 1. The Kier molecular flexibility index (Phi) is 11.4. The van der Waals surface area contributed by atoms with E-state index in [1.165, 1.54) is 160 Å². The van der Waals surface area contributed by atoms with Crippen molar-refractivity contribution in [2.45, 2.75) is 209 Å². The Morgan fingerprint density at radius 3 is 2.44 bits per heavy atom. The van der Waals surface area contributed by atoms with E-state index in [0.29, 0.717) is 47.8 Å². The van der Waals surface area contributed by atoms with Crippen LogP contribution >= 0.6 is 0 Å². The van der Waals surface area contributed by atoms with Gasteiger partial charge in [-0.3, -0.25) is 20.9 Å². The molecule has 57 heavy (non-hydrogen) atoms. The van der Waals surface area contributed by atoms with Gasteiger partial charge in [0.25, 0.3) is 0 Å². The van der Waals surface area contributed by atoms with E-state index in [1.807, 2.05) is 0 Å². The fraction of sp³-hybridized carbons (Fsp3) is 0.804. The van der Waals surface area contributed by atoms with Crippen LogP contribution in [-0.4, -0.2) is 53.8 Å². The summed E-state index contributed by atoms with van der Waals surface area (Å²) in [4.78, 5) is 2.97. The molecule has 0 radical (unpaired) electrons. The van der Waals surface area contributed by atoms with Crippen molar-refractivity contribution < 1.29 is 4.74 Å². The molecule has 8 aliphatic carbocycles. The lowest BCUT2D eigenvalue weighted by Crippen LogP contribution is -2.75. The molecule has 0 bridgehead atoms. The highest BCUT2D eigenvalue weighted by Gasteiger charge is 2.54. The molecule has 2 saturated heterocycles. The Morgan fingerprint density at radius 2 is 1.53 bits per heavy atom. The number of rotatable bonds is 7. The average molecular weight is 776 g/mol. The summed E-state index contributed by atoms with van der Waals surface area (Å²) in [7, 11) is 0. The number of likely N-dealkylation sites (tertiary alicyclic amines) is 1. The van der Waals surface area contributed by atoms with Gasteiger partial charge in [-0.25, -0.2) is 0 Å². The molecule has 0 aromatic carbocycles. The number of hydrogen-bond donors (Lipinski definition) is 4. The fourth-order valence-electron chi connectivity index (χ4n) is 15.5. The predicted molar refractivity (Wildman–Crippen MR) is 232 cm³/mol. The van der Waals surface area contributed by atoms with Crippen molar-refractivity contribution in [1.82, 2.24) is 26.2 Å². The molecule has 4 N–H and O–H groups in total. The first-order chi connectivity index (χ1) is 28.2. The highest BCUT2D eigenvalue weighted by atomic mass is 16.5. The third-order valence-electron chi connectivity index (χ3n) is 18.2. The first-order valence-corrected chi connectivity index (χ1v) is 25.2. The van der Waals surface area contributed by atoms with Gasteiger partial charge in [-0.15, -0.1) is 0 Å². The molecule has 11 aliphatic rings. The minimum atomic E-state index is 0.203. The minimum absolute atomic E-state index is 0.203. The minimum Gasteiger partial charge on any atom is -0.493 e. The summed E-state index contributed by atoms with van der Waals surface area (Å²) in [6.45, 7) is 0. The van der Waals surface area contributed by atoms with Crippen LogP contribution in [0.5, 0.6) is 0 Å². The van der Waals surface area contributed by atoms with E-state index >= 15 is 0 Å². The van der Waals surface area contributed by atoms with Gasteiger partial charge < -0.3 is 10.1 Å². The summed E-state index contributed by atoms with van der Waals surface area (Å²) in [6, 6.07) is 2.46. The predicted octanol–water partition coefficient (Wildman–Crippen LogP) is 10.1. The van der Waals surface area contributed by atoms with Gasteiger partial charge in [0.2, 0.25) is 0 Å². The van der Waals surface area contributed by atoms with Crippen molar-refractivity contribution in [3.63, 3.8) is 0 Å². The van der Waals surface area contributed by atoms with Crippen LogP contribution in [0.3, 0.4) is 0 Å². The molecule has 0 amide bonds. The smallest absolute Gasteiger partial charge is 0.117 e. The summed E-state index contributed by atoms with van der Waals surface area (Å²) in [6.07, 6.45) is 52.9. The van der Waals surface area contributed by atoms with Crippen molar-refractivity contribution in [3.8, 4) is 0 Å². The van der Waals surface area contributed by atoms with Crippen LogP contribution in [0.25, 0.3) is 0 Å². The molecule has 6 fully saturated rings. The highest BCUT2D eigenvalue weighted by Crippen LogP contribution is 2.51. The Hall–Kier alpha value is -1.70. The number of allylic oxidation sites excluding steroid dienone is 6. The van der Waals surface area contributed by atoms with Gasteiger partial charge in [-0.1, -0.05) is 107 Å². The van der Waals surface area contributed by atoms with Crippen molar-refractivity contribution in [2.24, 2.45) is 47.3 Å². The second-order valence-electron chi connectivity index (χ2n) is 21.2. The fourth-order valence-corrected chi connectivity index (χ4v) is 15.5. The van der Waals surface area contributed by atoms with Crippen molar-refractivity contribution in [2.75, 3.05) is 0 Å². The zero-order valence-corrected chi connectivity index (χ0v) is 35.3. The van der Waals surface area contributed by atoms with Gasteiger partial charge in [0.1, 0.15) is 18.2 Å². The molecule has 6 heteroatoms. The molecule has 15 atom stereocenters. The van der Waals surface area contributed by atoms with E-state index in [1.54, 1.807) is 11.1 Å². The Morgan fingerprint density at radius 1 is 0.667 bits per heavy atom. The summed E-state index contributed by atoms with van der Waals surface area (Å²) >= 11 is 0. The summed E-state index contributed by atoms with van der Waals surface area (Å²) in [5, 5.41) is 17.1. The quantitative estimate of drug-likeness (QED) is 0.193. The van der Waals surface area contributed by atoms with Crippen molar-refractivity contribution >= 4 is 0 Å². The van der Waals surface area contributed by atoms with Crippen LogP contribution in [-0.2, 0) is 4.74 Å². The van der Waals surface area contributed by atoms with Crippen LogP contribution < -0.4 is 21.3 Å². The van der Waals surface area contributed by atoms with Gasteiger partial charge in [-0.05, 0) is 137 Å². The van der Waals surface area contributed by atoms with Crippen LogP contribution in [0.2, 0.25) is 0 Å². The molecular weight excluding hydrogens is 699 g/mol. The van der Waals surface area contributed by atoms with E-state index in [9.17, 15) is 0 Å². The number of nitrogens with one attached hydrogen (secondary N) is 4. The van der Waals surface area contributed by atoms with E-state index in [4.69, 9.17) is 4.74 Å². The molecule has 4 saturated carbocycles. The largest absolute Gasteiger partial charge is 0.493 e. The van der Waals surface area contributed by atoms with Crippen molar-refractivity contribution in [3.05, 3.63) is 59.4 Å². The van der Waals surface area contributed by atoms with Crippen LogP contribution in [0.15, 0.2) is 59.4 Å². The Bertz CT molecular complexity index is 1570. The monoisotopic (exact) mass is 776 g/mol. The SMILES string of the molecule is C1=CC2C(CC1)C1CCCCC1N2C1NC(C2=CCCCC2)NC(C2CCCC3C4=C(CC(C5CCCCC5NC5C=CCC(C6CCCCC6)C5)C=C4)OC32)N1. The summed E-state index contributed by atoms with van der Waals surface area (Å²) in [5.74, 6) is 7.26. The summed E-state index contributed by atoms with van der Waals surface area (Å²) in [5.41, 5.74) is 3.18. The van der Waals surface area contributed by atoms with E-state index in [2.05, 4.69) is 68.7 Å². The summed E-state index contributed by atoms with van der Waals surface area (Å²) < 4.78 is 7.39. The molecule has 312 valence electrons. The number of ether oxygens (including phenoxy) is 1. The van der Waals surface area contributed by atoms with E-state index in [0.717, 1.165) is 30.1 Å². The standard InChI is InChI=1S/C51H77N5O/c1-3-15-33(16-4-1)35-19-13-20-37(31-35)52-44-26-10-7-21-38(44)36-29-30-41-42-24-14-25-43(48(42)57-47(41)32-36)50-53-49(34-17-5-2-6-18-34)54-51(55-50)56-45-27-11-8-22-39(45)40-23-9-12-28-46(40)56/h11,13,17,20,27,29-30,33,35-40,42-46,48-55H,1-10,12,14-16,18-19,21-26,28,31-32H2. The first-order valence-electron chi connectivity index (χ1n) is 25.2. The first kappa shape index (κ1) is 38.2. The Labute approximate surface area is 346 Å². The zero-order chi connectivity index (χ0) is 37.7.